The number of carbonyl (C=O) groups is 1. The van der Waals surface area contributed by atoms with Crippen LogP contribution in [-0.4, -0.2) is 35.8 Å². The van der Waals surface area contributed by atoms with Gasteiger partial charge in [0.25, 0.3) is 0 Å². The van der Waals surface area contributed by atoms with Gasteiger partial charge >= 0.3 is 5.97 Å². The third-order valence-corrected chi connectivity index (χ3v) is 7.90. The second-order valence-corrected chi connectivity index (χ2v) is 10.7. The Morgan fingerprint density at radius 3 is 2.52 bits per heavy atom. The molecule has 0 aliphatic heterocycles. The summed E-state index contributed by atoms with van der Waals surface area (Å²) in [6.07, 6.45) is 1.62. The summed E-state index contributed by atoms with van der Waals surface area (Å²) >= 11 is 12.6. The number of ether oxygens (including phenoxy) is 2. The first-order valence-electron chi connectivity index (χ1n) is 13.6. The molecule has 0 saturated carbocycles. The van der Waals surface area contributed by atoms with Crippen LogP contribution in [0.15, 0.2) is 59.1 Å². The van der Waals surface area contributed by atoms with Crippen LogP contribution in [-0.2, 0) is 11.3 Å². The Balaban J connectivity index is 1.65. The molecule has 218 valence electrons. The fourth-order valence-corrected chi connectivity index (χ4v) is 5.64. The first-order chi connectivity index (χ1) is 20.2. The predicted molar refractivity (Wildman–Crippen MR) is 165 cm³/mol. The number of rotatable bonds is 10. The smallest absolute Gasteiger partial charge is 0.342 e. The molecular weight excluding hydrogens is 577 g/mol. The van der Waals surface area contributed by atoms with E-state index >= 15 is 0 Å². The molecule has 0 fully saturated rings. The Kier molecular flexibility index (Phi) is 8.89. The summed E-state index contributed by atoms with van der Waals surface area (Å²) in [6, 6.07) is 14.0. The summed E-state index contributed by atoms with van der Waals surface area (Å²) in [6.45, 7) is 6.45. The number of nitrogens with zero attached hydrogens (tertiary/aromatic N) is 1. The lowest BCUT2D eigenvalue weighted by atomic mass is 9.90. The minimum Gasteiger partial charge on any atom is -0.507 e. The molecule has 0 spiro atoms. The summed E-state index contributed by atoms with van der Waals surface area (Å²) in [4.78, 5) is 17.6. The molecule has 0 aliphatic rings. The standard InChI is InChI=1S/C32H31Cl2N3O5/c1-4-40-32(39)26-18(3)42-31-22-8-6-5-7-21(22)30(38)28(27(26)31)29(37-12-10-35)20-9-11-36-25(15-20)41-16-19-13-23(33)17(2)24(34)14-19/h5-9,11,13-15,29,37-38H,4,10,12,16,35H2,1-3H3. The minimum absolute atomic E-state index is 0.0159. The number of nitrogens with one attached hydrogen (secondary N) is 1. The van der Waals surface area contributed by atoms with Crippen LogP contribution < -0.4 is 15.8 Å². The summed E-state index contributed by atoms with van der Waals surface area (Å²) in [5.41, 5.74) is 9.43. The normalized spacial score (nSPS) is 12.1. The zero-order chi connectivity index (χ0) is 30.0. The van der Waals surface area contributed by atoms with Gasteiger partial charge in [-0.05, 0) is 55.7 Å². The van der Waals surface area contributed by atoms with Gasteiger partial charge in [-0.25, -0.2) is 9.78 Å². The highest BCUT2D eigenvalue weighted by atomic mass is 35.5. The minimum atomic E-state index is -0.612. The number of hydrogen-bond acceptors (Lipinski definition) is 8. The number of benzene rings is 3. The van der Waals surface area contributed by atoms with E-state index in [0.29, 0.717) is 62.1 Å². The van der Waals surface area contributed by atoms with Crippen LogP contribution in [0.4, 0.5) is 0 Å². The predicted octanol–water partition coefficient (Wildman–Crippen LogP) is 7.00. The molecule has 3 aromatic carbocycles. The molecule has 2 aromatic heterocycles. The van der Waals surface area contributed by atoms with Gasteiger partial charge in [0, 0.05) is 57.1 Å². The van der Waals surface area contributed by atoms with Gasteiger partial charge in [-0.2, -0.15) is 0 Å². The third-order valence-electron chi connectivity index (χ3n) is 7.12. The van der Waals surface area contributed by atoms with E-state index in [4.69, 9.17) is 42.8 Å². The first-order valence-corrected chi connectivity index (χ1v) is 14.3. The zero-order valence-electron chi connectivity index (χ0n) is 23.5. The van der Waals surface area contributed by atoms with Crippen molar-refractivity contribution >= 4 is 50.9 Å². The molecule has 8 nitrogen and oxygen atoms in total. The van der Waals surface area contributed by atoms with Crippen molar-refractivity contribution in [3.05, 3.63) is 98.4 Å². The number of furan rings is 1. The van der Waals surface area contributed by atoms with E-state index in [1.807, 2.05) is 37.3 Å². The number of aromatic hydroxyl groups is 1. The van der Waals surface area contributed by atoms with Gasteiger partial charge in [0.1, 0.15) is 29.3 Å². The van der Waals surface area contributed by atoms with Crippen molar-refractivity contribution in [1.29, 1.82) is 0 Å². The van der Waals surface area contributed by atoms with E-state index in [1.54, 1.807) is 38.2 Å². The Hall–Kier alpha value is -3.82. The number of carbonyl (C=O) groups excluding carboxylic acids is 1. The quantitative estimate of drug-likeness (QED) is 0.145. The van der Waals surface area contributed by atoms with Crippen LogP contribution in [0, 0.1) is 13.8 Å². The number of pyridine rings is 1. The monoisotopic (exact) mass is 607 g/mol. The van der Waals surface area contributed by atoms with Crippen molar-refractivity contribution in [2.75, 3.05) is 19.7 Å². The Morgan fingerprint density at radius 1 is 1.12 bits per heavy atom. The zero-order valence-corrected chi connectivity index (χ0v) is 25.0. The molecule has 0 saturated heterocycles. The Morgan fingerprint density at radius 2 is 1.83 bits per heavy atom. The van der Waals surface area contributed by atoms with Gasteiger partial charge in [0.05, 0.1) is 12.6 Å². The number of fused-ring (bicyclic) bond motifs is 3. The summed E-state index contributed by atoms with van der Waals surface area (Å²) in [7, 11) is 0. The molecule has 2 heterocycles. The van der Waals surface area contributed by atoms with E-state index in [2.05, 4.69) is 10.3 Å². The molecule has 4 N–H and O–H groups in total. The summed E-state index contributed by atoms with van der Waals surface area (Å²) < 4.78 is 17.6. The van der Waals surface area contributed by atoms with Gasteiger partial charge in [-0.3, -0.25) is 0 Å². The summed E-state index contributed by atoms with van der Waals surface area (Å²) in [5.74, 6) is 0.233. The molecule has 1 unspecified atom stereocenters. The van der Waals surface area contributed by atoms with Crippen molar-refractivity contribution < 1.29 is 23.8 Å². The maximum Gasteiger partial charge on any atom is 0.342 e. The van der Waals surface area contributed by atoms with E-state index in [-0.39, 0.29) is 24.5 Å². The van der Waals surface area contributed by atoms with Gasteiger partial charge in [0.15, 0.2) is 0 Å². The van der Waals surface area contributed by atoms with Gasteiger partial charge in [0.2, 0.25) is 5.88 Å². The average Bonchev–Trinajstić information content (AvgIpc) is 3.33. The van der Waals surface area contributed by atoms with Crippen LogP contribution in [0.3, 0.4) is 0 Å². The van der Waals surface area contributed by atoms with Crippen molar-refractivity contribution in [3.63, 3.8) is 0 Å². The second-order valence-electron chi connectivity index (χ2n) is 9.84. The van der Waals surface area contributed by atoms with Gasteiger partial charge < -0.3 is 30.0 Å². The number of esters is 1. The fourth-order valence-electron chi connectivity index (χ4n) is 5.11. The highest BCUT2D eigenvalue weighted by molar-refractivity contribution is 6.36. The first kappa shape index (κ1) is 29.7. The van der Waals surface area contributed by atoms with Gasteiger partial charge in [-0.1, -0.05) is 47.5 Å². The molecule has 10 heteroatoms. The topological polar surface area (TPSA) is 120 Å². The Bertz CT molecular complexity index is 1760. The fraction of sp³-hybridized carbons (Fsp3) is 0.250. The lowest BCUT2D eigenvalue weighted by Gasteiger charge is -2.23. The van der Waals surface area contributed by atoms with Crippen molar-refractivity contribution in [2.45, 2.75) is 33.4 Å². The molecule has 0 aliphatic carbocycles. The number of phenols is 1. The largest absolute Gasteiger partial charge is 0.507 e. The van der Waals surface area contributed by atoms with E-state index in [9.17, 15) is 9.90 Å². The molecule has 5 aromatic rings. The lowest BCUT2D eigenvalue weighted by molar-refractivity contribution is 0.0526. The summed E-state index contributed by atoms with van der Waals surface area (Å²) in [5, 5.41) is 18.1. The lowest BCUT2D eigenvalue weighted by Crippen LogP contribution is -2.28. The van der Waals surface area contributed by atoms with Crippen molar-refractivity contribution in [2.24, 2.45) is 5.73 Å². The molecule has 0 amide bonds. The van der Waals surface area contributed by atoms with E-state index in [0.717, 1.165) is 16.7 Å². The van der Waals surface area contributed by atoms with Crippen LogP contribution in [0.25, 0.3) is 21.7 Å². The second kappa shape index (κ2) is 12.6. The SMILES string of the molecule is CCOC(=O)c1c(C)oc2c1c(C(NCCN)c1ccnc(OCc3cc(Cl)c(C)c(Cl)c3)c1)c(O)c1ccccc12. The molecule has 1 atom stereocenters. The maximum atomic E-state index is 13.2. The van der Waals surface area contributed by atoms with Crippen LogP contribution in [0.5, 0.6) is 11.6 Å². The number of aromatic nitrogens is 1. The number of phenolic OH excluding ortho intramolecular Hbond substituents is 1. The third kappa shape index (κ3) is 5.63. The van der Waals surface area contributed by atoms with E-state index in [1.165, 1.54) is 0 Å². The Labute approximate surface area is 253 Å². The van der Waals surface area contributed by atoms with Crippen molar-refractivity contribution in [3.8, 4) is 11.6 Å². The molecule has 0 radical (unpaired) electrons. The highest BCUT2D eigenvalue weighted by Gasteiger charge is 2.31. The molecule has 5 rings (SSSR count). The number of halogens is 2. The van der Waals surface area contributed by atoms with E-state index < -0.39 is 12.0 Å². The van der Waals surface area contributed by atoms with Crippen LogP contribution in [0.2, 0.25) is 10.0 Å². The molecular formula is C32H31Cl2N3O5. The molecule has 0 bridgehead atoms. The number of hydrogen-bond donors (Lipinski definition) is 3. The van der Waals surface area contributed by atoms with Crippen LogP contribution >= 0.6 is 23.2 Å². The van der Waals surface area contributed by atoms with Crippen molar-refractivity contribution in [1.82, 2.24) is 10.3 Å². The average molecular weight is 609 g/mol. The van der Waals surface area contributed by atoms with Crippen LogP contribution in [0.1, 0.15) is 51.3 Å². The number of aryl methyl sites for hydroxylation is 1. The molecule has 42 heavy (non-hydrogen) atoms. The maximum absolute atomic E-state index is 13.2. The van der Waals surface area contributed by atoms with Gasteiger partial charge in [-0.15, -0.1) is 0 Å². The highest BCUT2D eigenvalue weighted by Crippen LogP contribution is 2.45. The number of nitrogens with two attached hydrogens (primary N) is 1.